The van der Waals surface area contributed by atoms with E-state index >= 15 is 0 Å². The number of benzene rings is 3. The van der Waals surface area contributed by atoms with Gasteiger partial charge in [-0.1, -0.05) is 25.0 Å². The van der Waals surface area contributed by atoms with Crippen LogP contribution in [0.15, 0.2) is 94.3 Å². The van der Waals surface area contributed by atoms with Crippen LogP contribution in [0.4, 0.5) is 52.4 Å². The Labute approximate surface area is 560 Å². The van der Waals surface area contributed by atoms with Crippen molar-refractivity contribution < 1.29 is 91.1 Å². The summed E-state index contributed by atoms with van der Waals surface area (Å²) in [6.07, 6.45) is 9.98. The molecule has 0 unspecified atom stereocenters. The minimum Gasteiger partial charge on any atom is -1.00 e. The molecule has 0 atom stereocenters. The maximum Gasteiger partial charge on any atom is 1.00 e. The summed E-state index contributed by atoms with van der Waals surface area (Å²) < 4.78 is 114. The molecule has 6 aromatic heterocycles. The smallest absolute Gasteiger partial charge is 1.00 e. The summed E-state index contributed by atoms with van der Waals surface area (Å²) in [5.41, 5.74) is 1.65. The Morgan fingerprint density at radius 2 is 0.841 bits per heavy atom. The number of aromatic nitrogens is 15. The summed E-state index contributed by atoms with van der Waals surface area (Å²) in [6.45, 7) is 17.9. The number of pyridine rings is 3. The number of hydrogen-bond donors (Lipinski definition) is 3. The molecule has 31 heteroatoms. The van der Waals surface area contributed by atoms with Gasteiger partial charge in [-0.2, -0.15) is 14.0 Å². The van der Waals surface area contributed by atoms with Gasteiger partial charge in [0.2, 0.25) is 0 Å². The second kappa shape index (κ2) is 28.7. The Bertz CT molecular complexity index is 3880. The van der Waals surface area contributed by atoms with E-state index in [-0.39, 0.29) is 129 Å². The molecule has 0 aliphatic heterocycles. The molecule has 3 fully saturated rings. The fourth-order valence-electron chi connectivity index (χ4n) is 8.58. The molecule has 3 saturated carbocycles. The van der Waals surface area contributed by atoms with Gasteiger partial charge in [0.1, 0.15) is 34.5 Å². The van der Waals surface area contributed by atoms with Crippen LogP contribution in [-0.2, 0) is 0 Å². The summed E-state index contributed by atoms with van der Waals surface area (Å²) in [7, 11) is -2.04. The minimum absolute atomic E-state index is 0. The van der Waals surface area contributed by atoms with E-state index in [1.165, 1.54) is 33.6 Å². The molecular formula is C57H59BBr2F9KN18. The van der Waals surface area contributed by atoms with Crippen LogP contribution < -0.4 is 72.0 Å². The third kappa shape index (κ3) is 17.2. The van der Waals surface area contributed by atoms with Crippen LogP contribution in [0, 0.1) is 34.9 Å². The van der Waals surface area contributed by atoms with Crippen LogP contribution in [0.3, 0.4) is 0 Å². The number of nitrogens with one attached hydrogen (secondary N) is 3. The second-order valence-corrected chi connectivity index (χ2v) is 25.5. The van der Waals surface area contributed by atoms with Gasteiger partial charge < -0.3 is 20.7 Å². The summed E-state index contributed by atoms with van der Waals surface area (Å²) in [6, 6.07) is 17.9. The monoisotopic (exact) mass is 1370 g/mol. The molecule has 0 amide bonds. The maximum atomic E-state index is 14.8. The fourth-order valence-corrected chi connectivity index (χ4v) is 9.22. The Kier molecular flexibility index (Phi) is 22.6. The molecule has 18 nitrogen and oxygen atoms in total. The zero-order valence-corrected chi connectivity index (χ0v) is 55.8. The van der Waals surface area contributed by atoms with Crippen molar-refractivity contribution >= 4 is 56.6 Å². The Morgan fingerprint density at radius 3 is 1.19 bits per heavy atom. The molecule has 3 aliphatic carbocycles. The summed E-state index contributed by atoms with van der Waals surface area (Å²) in [4.78, 5) is 13.1. The number of tetrazole rings is 3. The van der Waals surface area contributed by atoms with E-state index in [9.17, 15) is 35.0 Å². The van der Waals surface area contributed by atoms with Crippen LogP contribution in [-0.4, -0.2) is 99.5 Å². The molecule has 12 rings (SSSR count). The van der Waals surface area contributed by atoms with Crippen molar-refractivity contribution in [3.8, 4) is 51.2 Å². The third-order valence-corrected chi connectivity index (χ3v) is 14.0. The topological polar surface area (TPSA) is 206 Å². The van der Waals surface area contributed by atoms with Crippen LogP contribution in [0.25, 0.3) is 51.2 Å². The summed E-state index contributed by atoms with van der Waals surface area (Å²) in [5.74, 6) is -3.16. The maximum absolute atomic E-state index is 14.8. The van der Waals surface area contributed by atoms with Gasteiger partial charge in [-0.15, -0.1) is 15.3 Å². The first kappa shape index (κ1) is 69.2. The SMILES string of the molecule is CC(C)(C)Nc1ncc(Br)cc1-c1nnnn1-c1ccc(C2CC2)c(F)c1F.CC(C)(C)Nc1ncccc1-c1nnnn1-c1ccc(Br)c(F)c1F.CC(C)(C)Nc1ncccc1-c1nnnn1-c1ccc(C2CC2)c(F)c1F.FB(F)C1CC1.[F-].[K+]. The van der Waals surface area contributed by atoms with E-state index in [4.69, 9.17) is 0 Å². The van der Waals surface area contributed by atoms with E-state index in [2.05, 4.69) is 109 Å². The molecule has 0 radical (unpaired) electrons. The molecule has 3 N–H and O–H groups in total. The summed E-state index contributed by atoms with van der Waals surface area (Å²) >= 11 is 6.35. The van der Waals surface area contributed by atoms with E-state index in [1.807, 2.05) is 62.3 Å². The number of anilines is 3. The Hall–Kier alpha value is -6.25. The van der Waals surface area contributed by atoms with Crippen molar-refractivity contribution in [2.75, 3.05) is 16.0 Å². The van der Waals surface area contributed by atoms with Crippen molar-refractivity contribution in [2.24, 2.45) is 0 Å². The zero-order valence-electron chi connectivity index (χ0n) is 49.5. The second-order valence-electron chi connectivity index (χ2n) is 23.7. The largest absolute Gasteiger partial charge is 1.00 e. The first-order valence-corrected chi connectivity index (χ1v) is 28.9. The number of nitrogens with zero attached hydrogens (tertiary/aromatic N) is 15. The van der Waals surface area contributed by atoms with Gasteiger partial charge in [-0.3, -0.25) is 8.63 Å². The van der Waals surface area contributed by atoms with Crippen molar-refractivity contribution in [3.63, 3.8) is 0 Å². The van der Waals surface area contributed by atoms with Crippen molar-refractivity contribution in [1.29, 1.82) is 0 Å². The van der Waals surface area contributed by atoms with Crippen LogP contribution in [0.5, 0.6) is 0 Å². The molecule has 0 spiro atoms. The van der Waals surface area contributed by atoms with Gasteiger partial charge in [0.05, 0.1) is 21.2 Å². The van der Waals surface area contributed by atoms with Crippen molar-refractivity contribution in [1.82, 2.24) is 75.6 Å². The molecule has 0 bridgehead atoms. The average Bonchev–Trinajstić information content (AvgIpc) is 1.69. The van der Waals surface area contributed by atoms with E-state index in [0.717, 1.165) is 43.2 Å². The standard InChI is InChI=1S/C19H19BrF2N6.C19H20F2N6.C16H15BrF2N6.C3H5BF2.FH.K/c1-19(2,3)24-17-13(8-11(20)9-23-17)18-25-26-27-28(18)14-7-6-12(10-4-5-10)15(21)16(14)22;1-19(2,3)23-17-13(5-4-10-22-17)18-24-25-26-27(18)14-9-8-12(11-6-7-11)15(20)16(14)21;1-16(2,3)21-14-9(5-4-8-20-14)15-22-23-24-25(15)11-7-6-10(17)12(18)13(11)19;5-4(6)3-1-2-3;;/h6-10H,4-5H2,1-3H3,(H,23,24);4-5,8-11H,6-7H2,1-3H3,(H,22,23);4-8H,1-3H3,(H,20,21);3H,1-2H2;1H;/q;;;;;+1/p-1. The molecular weight excluding hydrogens is 1320 g/mol. The molecule has 458 valence electrons. The van der Waals surface area contributed by atoms with Gasteiger partial charge in [0.25, 0.3) is 0 Å². The minimum atomic E-state index is -2.04. The van der Waals surface area contributed by atoms with Crippen molar-refractivity contribution in [2.45, 2.75) is 135 Å². The van der Waals surface area contributed by atoms with E-state index < -0.39 is 42.2 Å². The average molecular weight is 1380 g/mol. The van der Waals surface area contributed by atoms with Crippen LogP contribution in [0.1, 0.15) is 124 Å². The van der Waals surface area contributed by atoms with Gasteiger partial charge in [0, 0.05) is 45.5 Å². The first-order chi connectivity index (χ1) is 40.7. The molecule has 6 heterocycles. The molecule has 3 aromatic carbocycles. The molecule has 9 aromatic rings. The van der Waals surface area contributed by atoms with Crippen molar-refractivity contribution in [3.05, 3.63) is 140 Å². The van der Waals surface area contributed by atoms with Gasteiger partial charge in [0.15, 0.2) is 52.4 Å². The van der Waals surface area contributed by atoms with E-state index in [0.29, 0.717) is 49.7 Å². The zero-order chi connectivity index (χ0) is 62.0. The van der Waals surface area contributed by atoms with Crippen LogP contribution >= 0.6 is 31.9 Å². The Balaban J connectivity index is 0.000000177. The predicted molar refractivity (Wildman–Crippen MR) is 317 cm³/mol. The fraction of sp³-hybridized carbons (Fsp3) is 0.368. The Morgan fingerprint density at radius 1 is 0.477 bits per heavy atom. The first-order valence-electron chi connectivity index (χ1n) is 27.3. The molecule has 88 heavy (non-hydrogen) atoms. The number of halogens is 11. The normalized spacial score (nSPS) is 13.7. The number of hydrogen-bond acceptors (Lipinski definition) is 15. The predicted octanol–water partition coefficient (Wildman–Crippen LogP) is 8.50. The van der Waals surface area contributed by atoms with Gasteiger partial charge >= 0.3 is 58.7 Å². The van der Waals surface area contributed by atoms with E-state index in [1.54, 1.807) is 61.1 Å². The summed E-state index contributed by atoms with van der Waals surface area (Å²) in [5, 5.41) is 44.4. The molecule has 3 aliphatic rings. The quantitative estimate of drug-likeness (QED) is 0.0596. The molecule has 0 saturated heterocycles. The van der Waals surface area contributed by atoms with Crippen LogP contribution in [0.2, 0.25) is 5.82 Å². The van der Waals surface area contributed by atoms with Gasteiger partial charge in [-0.25, -0.2) is 41.3 Å². The third-order valence-electron chi connectivity index (χ3n) is 13.0. The van der Waals surface area contributed by atoms with Gasteiger partial charge in [-0.05, 0) is 229 Å². The number of rotatable bonds is 12.